The summed E-state index contributed by atoms with van der Waals surface area (Å²) in [5, 5.41) is 2.84. The first kappa shape index (κ1) is 13.8. The van der Waals surface area contributed by atoms with Crippen molar-refractivity contribution in [1.82, 2.24) is 24.4 Å². The highest BCUT2D eigenvalue weighted by atomic mass is 16.2. The average Bonchev–Trinajstić information content (AvgIpc) is 3.02. The summed E-state index contributed by atoms with van der Waals surface area (Å²) in [5.41, 5.74) is 3.85. The molecular weight excluding hydrogens is 294 g/mol. The van der Waals surface area contributed by atoms with Crippen LogP contribution in [0.15, 0.2) is 23.0 Å². The van der Waals surface area contributed by atoms with Crippen molar-refractivity contribution in [3.63, 3.8) is 0 Å². The summed E-state index contributed by atoms with van der Waals surface area (Å²) in [6, 6.07) is 5.74. The van der Waals surface area contributed by atoms with Crippen molar-refractivity contribution in [2.24, 2.45) is 14.1 Å². The maximum Gasteiger partial charge on any atom is 0.328 e. The van der Waals surface area contributed by atoms with Crippen LogP contribution in [-0.2, 0) is 20.5 Å². The Bertz CT molecular complexity index is 992. The molecule has 3 aromatic rings. The van der Waals surface area contributed by atoms with E-state index in [2.05, 4.69) is 15.3 Å². The Hall–Kier alpha value is -2.83. The molecule has 0 unspecified atom stereocenters. The van der Waals surface area contributed by atoms with Gasteiger partial charge in [-0.15, -0.1) is 0 Å². The Kier molecular flexibility index (Phi) is 2.90. The fraction of sp³-hybridized carbons (Fsp3) is 0.312. The number of fused-ring (bicyclic) bond motifs is 2. The van der Waals surface area contributed by atoms with E-state index in [1.165, 1.54) is 0 Å². The van der Waals surface area contributed by atoms with Crippen LogP contribution in [0.4, 0.5) is 0 Å². The van der Waals surface area contributed by atoms with Crippen LogP contribution in [0, 0.1) is 0 Å². The van der Waals surface area contributed by atoms with E-state index < -0.39 is 0 Å². The topological polar surface area (TPSA) is 84.7 Å². The van der Waals surface area contributed by atoms with Crippen LogP contribution in [0.1, 0.15) is 22.6 Å². The smallest absolute Gasteiger partial charge is 0.328 e. The SMILES string of the molecule is Cn1c(=O)n(C)c2cc(-c3nc4c([nH]3)CCCNC4=O)ccc21. The van der Waals surface area contributed by atoms with Gasteiger partial charge >= 0.3 is 5.69 Å². The van der Waals surface area contributed by atoms with Crippen LogP contribution in [0.5, 0.6) is 0 Å². The van der Waals surface area contributed by atoms with E-state index in [0.717, 1.165) is 35.1 Å². The molecule has 0 saturated carbocycles. The van der Waals surface area contributed by atoms with Crippen LogP contribution >= 0.6 is 0 Å². The average molecular weight is 311 g/mol. The van der Waals surface area contributed by atoms with Crippen molar-refractivity contribution < 1.29 is 4.79 Å². The van der Waals surface area contributed by atoms with Crippen molar-refractivity contribution in [2.45, 2.75) is 12.8 Å². The van der Waals surface area contributed by atoms with Gasteiger partial charge in [0.2, 0.25) is 0 Å². The molecule has 1 aliphatic heterocycles. The molecule has 0 radical (unpaired) electrons. The Morgan fingerprint density at radius 1 is 1.13 bits per heavy atom. The Labute approximate surface area is 132 Å². The first-order chi connectivity index (χ1) is 11.1. The molecule has 1 aliphatic rings. The maximum absolute atomic E-state index is 12.0. The molecule has 0 atom stereocenters. The van der Waals surface area contributed by atoms with E-state index in [1.807, 2.05) is 18.2 Å². The zero-order valence-electron chi connectivity index (χ0n) is 13.0. The molecule has 2 aromatic heterocycles. The first-order valence-corrected chi connectivity index (χ1v) is 7.59. The van der Waals surface area contributed by atoms with Crippen molar-refractivity contribution in [2.75, 3.05) is 6.54 Å². The van der Waals surface area contributed by atoms with E-state index in [0.29, 0.717) is 18.1 Å². The molecule has 118 valence electrons. The van der Waals surface area contributed by atoms with E-state index in [1.54, 1.807) is 23.2 Å². The number of nitrogens with zero attached hydrogens (tertiary/aromatic N) is 3. The minimum atomic E-state index is -0.131. The number of amides is 1. The number of aromatic nitrogens is 4. The van der Waals surface area contributed by atoms with E-state index >= 15 is 0 Å². The van der Waals surface area contributed by atoms with Gasteiger partial charge in [-0.3, -0.25) is 13.9 Å². The number of carbonyl (C=O) groups excluding carboxylic acids is 1. The standard InChI is InChI=1S/C16H17N5O2/c1-20-11-6-5-9(8-12(11)21(2)16(20)23)14-18-10-4-3-7-17-15(22)13(10)19-14/h5-6,8H,3-4,7H2,1-2H3,(H,17,22)(H,18,19). The van der Waals surface area contributed by atoms with Crippen molar-refractivity contribution in [3.05, 3.63) is 40.1 Å². The van der Waals surface area contributed by atoms with Crippen LogP contribution in [0.25, 0.3) is 22.4 Å². The normalized spacial score (nSPS) is 14.6. The summed E-state index contributed by atoms with van der Waals surface area (Å²) in [4.78, 5) is 31.8. The molecule has 23 heavy (non-hydrogen) atoms. The van der Waals surface area contributed by atoms with Gasteiger partial charge in [-0.05, 0) is 31.0 Å². The number of hydrogen-bond donors (Lipinski definition) is 2. The van der Waals surface area contributed by atoms with Crippen molar-refractivity contribution in [1.29, 1.82) is 0 Å². The molecule has 1 aromatic carbocycles. The number of nitrogens with one attached hydrogen (secondary N) is 2. The molecule has 0 saturated heterocycles. The van der Waals surface area contributed by atoms with E-state index in [9.17, 15) is 9.59 Å². The molecular formula is C16H17N5O2. The van der Waals surface area contributed by atoms with Gasteiger partial charge in [-0.25, -0.2) is 9.78 Å². The number of aryl methyl sites for hydroxylation is 3. The van der Waals surface area contributed by atoms with Crippen LogP contribution in [0.2, 0.25) is 0 Å². The highest BCUT2D eigenvalue weighted by Gasteiger charge is 2.21. The van der Waals surface area contributed by atoms with E-state index in [4.69, 9.17) is 0 Å². The summed E-state index contributed by atoms with van der Waals surface area (Å²) in [6.07, 6.45) is 1.69. The van der Waals surface area contributed by atoms with Gasteiger partial charge in [-0.2, -0.15) is 0 Å². The maximum atomic E-state index is 12.0. The third kappa shape index (κ3) is 2.00. The van der Waals surface area contributed by atoms with Gasteiger partial charge < -0.3 is 10.3 Å². The molecule has 0 bridgehead atoms. The molecule has 0 fully saturated rings. The minimum Gasteiger partial charge on any atom is -0.351 e. The van der Waals surface area contributed by atoms with Gasteiger partial charge in [0.15, 0.2) is 0 Å². The van der Waals surface area contributed by atoms with Crippen LogP contribution in [-0.4, -0.2) is 31.6 Å². The van der Waals surface area contributed by atoms with Crippen molar-refractivity contribution >= 4 is 16.9 Å². The Balaban J connectivity index is 1.87. The lowest BCUT2D eigenvalue weighted by molar-refractivity contribution is 0.0951. The largest absolute Gasteiger partial charge is 0.351 e. The zero-order valence-corrected chi connectivity index (χ0v) is 13.0. The molecule has 4 rings (SSSR count). The fourth-order valence-corrected chi connectivity index (χ4v) is 3.12. The number of imidazole rings is 2. The van der Waals surface area contributed by atoms with E-state index in [-0.39, 0.29) is 11.6 Å². The number of rotatable bonds is 1. The van der Waals surface area contributed by atoms with Crippen LogP contribution in [0.3, 0.4) is 0 Å². The molecule has 1 amide bonds. The highest BCUT2D eigenvalue weighted by Crippen LogP contribution is 2.24. The van der Waals surface area contributed by atoms with Gasteiger partial charge in [0.05, 0.1) is 11.0 Å². The Morgan fingerprint density at radius 3 is 2.74 bits per heavy atom. The summed E-state index contributed by atoms with van der Waals surface area (Å²) in [6.45, 7) is 0.677. The lowest BCUT2D eigenvalue weighted by atomic mass is 10.2. The Morgan fingerprint density at radius 2 is 1.91 bits per heavy atom. The second-order valence-electron chi connectivity index (χ2n) is 5.88. The molecule has 2 N–H and O–H groups in total. The fourth-order valence-electron chi connectivity index (χ4n) is 3.12. The number of aromatic amines is 1. The molecule has 3 heterocycles. The highest BCUT2D eigenvalue weighted by molar-refractivity contribution is 5.94. The first-order valence-electron chi connectivity index (χ1n) is 7.59. The van der Waals surface area contributed by atoms with Gasteiger partial charge in [0.25, 0.3) is 5.91 Å². The second kappa shape index (κ2) is 4.84. The summed E-state index contributed by atoms with van der Waals surface area (Å²) < 4.78 is 3.23. The predicted molar refractivity (Wildman–Crippen MR) is 86.4 cm³/mol. The second-order valence-corrected chi connectivity index (χ2v) is 5.88. The molecule has 0 aliphatic carbocycles. The summed E-state index contributed by atoms with van der Waals surface area (Å²) >= 11 is 0. The van der Waals surface area contributed by atoms with Crippen molar-refractivity contribution in [3.8, 4) is 11.4 Å². The minimum absolute atomic E-state index is 0.0632. The summed E-state index contributed by atoms with van der Waals surface area (Å²) in [5.74, 6) is 0.526. The predicted octanol–water partition coefficient (Wildman–Crippen LogP) is 0.943. The summed E-state index contributed by atoms with van der Waals surface area (Å²) in [7, 11) is 3.50. The zero-order chi connectivity index (χ0) is 16.1. The third-order valence-electron chi connectivity index (χ3n) is 4.43. The lowest BCUT2D eigenvalue weighted by Gasteiger charge is -2.00. The van der Waals surface area contributed by atoms with Gasteiger partial charge in [-0.1, -0.05) is 0 Å². The number of benzene rings is 1. The van der Waals surface area contributed by atoms with Gasteiger partial charge in [0.1, 0.15) is 11.5 Å². The van der Waals surface area contributed by atoms with Crippen LogP contribution < -0.4 is 11.0 Å². The molecule has 7 heteroatoms. The van der Waals surface area contributed by atoms with Gasteiger partial charge in [0, 0.05) is 31.9 Å². The number of H-pyrrole nitrogens is 1. The number of hydrogen-bond acceptors (Lipinski definition) is 3. The third-order valence-corrected chi connectivity index (χ3v) is 4.43. The molecule has 0 spiro atoms. The molecule has 7 nitrogen and oxygen atoms in total. The monoisotopic (exact) mass is 311 g/mol. The lowest BCUT2D eigenvalue weighted by Crippen LogP contribution is -2.23. The number of carbonyl (C=O) groups is 1. The quantitative estimate of drug-likeness (QED) is 0.701.